The van der Waals surface area contributed by atoms with Gasteiger partial charge in [-0.15, -0.1) is 0 Å². The molecule has 1 aromatic heterocycles. The Kier molecular flexibility index (Phi) is 6.05. The normalized spacial score (nSPS) is 17.2. The van der Waals surface area contributed by atoms with Gasteiger partial charge in [-0.3, -0.25) is 14.6 Å². The summed E-state index contributed by atoms with van der Waals surface area (Å²) in [5.74, 6) is -0.262. The lowest BCUT2D eigenvalue weighted by molar-refractivity contribution is -0.126. The number of carbonyl (C=O) groups is 2. The zero-order valence-corrected chi connectivity index (χ0v) is 18.2. The van der Waals surface area contributed by atoms with Crippen LogP contribution in [0.1, 0.15) is 58.9 Å². The molecule has 2 heterocycles. The molecule has 1 aliphatic rings. The van der Waals surface area contributed by atoms with Gasteiger partial charge in [-0.05, 0) is 59.9 Å². The fourth-order valence-electron chi connectivity index (χ4n) is 4.06. The molecule has 0 fully saturated rings. The highest BCUT2D eigenvalue weighted by Gasteiger charge is 2.41. The number of nitrogens with zero attached hydrogens (tertiary/aromatic N) is 2. The van der Waals surface area contributed by atoms with Crippen LogP contribution in [0.2, 0.25) is 5.02 Å². The molecule has 3 aromatic rings. The number of halogens is 1. The number of hydrogen-bond acceptors (Lipinski definition) is 3. The number of rotatable bonds is 6. The Balaban J connectivity index is 1.59. The molecule has 2 aromatic carbocycles. The molecular formula is C25H24ClN3O2. The summed E-state index contributed by atoms with van der Waals surface area (Å²) in [6.07, 6.45) is 3.40. The van der Waals surface area contributed by atoms with Crippen LogP contribution in [0.3, 0.4) is 0 Å². The molecule has 6 heteroatoms. The minimum Gasteiger partial charge on any atom is -0.347 e. The monoisotopic (exact) mass is 433 g/mol. The molecule has 2 amide bonds. The summed E-state index contributed by atoms with van der Waals surface area (Å²) in [5, 5.41) is 3.74. The average molecular weight is 434 g/mol. The molecule has 0 saturated carbocycles. The van der Waals surface area contributed by atoms with Gasteiger partial charge in [-0.2, -0.15) is 0 Å². The van der Waals surface area contributed by atoms with E-state index in [1.807, 2.05) is 68.4 Å². The maximum atomic E-state index is 13.4. The van der Waals surface area contributed by atoms with E-state index in [9.17, 15) is 9.59 Å². The van der Waals surface area contributed by atoms with Gasteiger partial charge in [0.05, 0.1) is 6.04 Å². The van der Waals surface area contributed by atoms with Crippen molar-refractivity contribution < 1.29 is 9.59 Å². The summed E-state index contributed by atoms with van der Waals surface area (Å²) in [5.41, 5.74) is 3.36. The van der Waals surface area contributed by atoms with Crippen LogP contribution in [-0.4, -0.2) is 28.2 Å². The van der Waals surface area contributed by atoms with Crippen molar-refractivity contribution in [1.82, 2.24) is 15.2 Å². The molecule has 0 spiro atoms. The van der Waals surface area contributed by atoms with Gasteiger partial charge in [0.15, 0.2) is 0 Å². The van der Waals surface area contributed by atoms with E-state index in [1.54, 1.807) is 23.4 Å². The highest BCUT2D eigenvalue weighted by atomic mass is 35.5. The van der Waals surface area contributed by atoms with Gasteiger partial charge >= 0.3 is 0 Å². The molecule has 5 nitrogen and oxygen atoms in total. The maximum Gasteiger partial charge on any atom is 0.255 e. The number of amides is 2. The Morgan fingerprint density at radius 2 is 1.71 bits per heavy atom. The molecular weight excluding hydrogens is 410 g/mol. The molecule has 1 aliphatic heterocycles. The third-order valence-corrected chi connectivity index (χ3v) is 6.03. The molecule has 31 heavy (non-hydrogen) atoms. The van der Waals surface area contributed by atoms with Gasteiger partial charge in [0.25, 0.3) is 5.91 Å². The molecule has 0 saturated heterocycles. The van der Waals surface area contributed by atoms with Crippen molar-refractivity contribution in [3.63, 3.8) is 0 Å². The van der Waals surface area contributed by atoms with Crippen molar-refractivity contribution in [2.45, 2.75) is 31.8 Å². The first-order valence-corrected chi connectivity index (χ1v) is 10.7. The maximum absolute atomic E-state index is 13.4. The van der Waals surface area contributed by atoms with Crippen LogP contribution in [0.4, 0.5) is 0 Å². The quantitative estimate of drug-likeness (QED) is 0.600. The lowest BCUT2D eigenvalue weighted by Gasteiger charge is -2.29. The number of carbonyl (C=O) groups excluding carboxylic acids is 2. The third kappa shape index (κ3) is 4.32. The lowest BCUT2D eigenvalue weighted by Crippen LogP contribution is -2.41. The van der Waals surface area contributed by atoms with Crippen LogP contribution in [0.25, 0.3) is 0 Å². The van der Waals surface area contributed by atoms with Gasteiger partial charge in [0, 0.05) is 29.5 Å². The standard InChI is InChI=1S/C25H24ClN3O2/c1-16(18-7-9-20(26)10-8-18)15-29-23(21-5-3-4-6-22(21)25(29)31)24(30)28-17(2)19-11-13-27-14-12-19/h3-14,16-17,23H,15H2,1-2H3,(H,28,30). The summed E-state index contributed by atoms with van der Waals surface area (Å²) in [6, 6.07) is 17.8. The van der Waals surface area contributed by atoms with Gasteiger partial charge in [0.2, 0.25) is 5.91 Å². The van der Waals surface area contributed by atoms with Crippen molar-refractivity contribution in [3.05, 3.63) is 100 Å². The van der Waals surface area contributed by atoms with Crippen LogP contribution in [0, 0.1) is 0 Å². The van der Waals surface area contributed by atoms with E-state index in [4.69, 9.17) is 11.6 Å². The minimum atomic E-state index is -0.664. The molecule has 0 aliphatic carbocycles. The van der Waals surface area contributed by atoms with E-state index in [1.165, 1.54) is 0 Å². The number of aromatic nitrogens is 1. The average Bonchev–Trinajstić information content (AvgIpc) is 3.06. The summed E-state index contributed by atoms with van der Waals surface area (Å²) >= 11 is 6.01. The minimum absolute atomic E-state index is 0.0449. The molecule has 4 rings (SSSR count). The summed E-state index contributed by atoms with van der Waals surface area (Å²) in [7, 11) is 0. The Morgan fingerprint density at radius 3 is 2.42 bits per heavy atom. The first-order valence-electron chi connectivity index (χ1n) is 10.3. The van der Waals surface area contributed by atoms with Gasteiger partial charge in [-0.1, -0.05) is 48.9 Å². The highest BCUT2D eigenvalue weighted by Crippen LogP contribution is 2.36. The Labute approximate surface area is 187 Å². The first kappa shape index (κ1) is 21.1. The number of fused-ring (bicyclic) bond motifs is 1. The highest BCUT2D eigenvalue weighted by molar-refractivity contribution is 6.30. The van der Waals surface area contributed by atoms with Crippen LogP contribution >= 0.6 is 11.6 Å². The number of benzene rings is 2. The van der Waals surface area contributed by atoms with E-state index in [2.05, 4.69) is 10.3 Å². The third-order valence-electron chi connectivity index (χ3n) is 5.78. The lowest BCUT2D eigenvalue weighted by atomic mass is 9.99. The second-order valence-electron chi connectivity index (χ2n) is 7.91. The van der Waals surface area contributed by atoms with E-state index >= 15 is 0 Å². The zero-order chi connectivity index (χ0) is 22.0. The Hall–Kier alpha value is -3.18. The molecule has 1 N–H and O–H groups in total. The fraction of sp³-hybridized carbons (Fsp3) is 0.240. The molecule has 158 valence electrons. The van der Waals surface area contributed by atoms with E-state index in [-0.39, 0.29) is 23.8 Å². The van der Waals surface area contributed by atoms with Crippen LogP contribution in [-0.2, 0) is 4.79 Å². The van der Waals surface area contributed by atoms with Crippen molar-refractivity contribution in [1.29, 1.82) is 0 Å². The molecule has 0 radical (unpaired) electrons. The Morgan fingerprint density at radius 1 is 1.03 bits per heavy atom. The fourth-order valence-corrected chi connectivity index (χ4v) is 4.19. The van der Waals surface area contributed by atoms with Crippen LogP contribution < -0.4 is 5.32 Å². The second kappa shape index (κ2) is 8.90. The predicted octanol–water partition coefficient (Wildman–Crippen LogP) is 4.91. The Bertz CT molecular complexity index is 1090. The second-order valence-corrected chi connectivity index (χ2v) is 8.35. The largest absolute Gasteiger partial charge is 0.347 e. The SMILES string of the molecule is CC(CN1C(=O)c2ccccc2C1C(=O)NC(C)c1ccncc1)c1ccc(Cl)cc1. The molecule has 0 bridgehead atoms. The van der Waals surface area contributed by atoms with Crippen molar-refractivity contribution >= 4 is 23.4 Å². The van der Waals surface area contributed by atoms with Gasteiger partial charge < -0.3 is 10.2 Å². The predicted molar refractivity (Wildman–Crippen MR) is 121 cm³/mol. The van der Waals surface area contributed by atoms with Crippen molar-refractivity contribution in [2.75, 3.05) is 6.54 Å². The topological polar surface area (TPSA) is 62.3 Å². The van der Waals surface area contributed by atoms with E-state index in [0.29, 0.717) is 17.1 Å². The number of pyridine rings is 1. The smallest absolute Gasteiger partial charge is 0.255 e. The van der Waals surface area contributed by atoms with Crippen molar-refractivity contribution in [3.8, 4) is 0 Å². The first-order chi connectivity index (χ1) is 15.0. The zero-order valence-electron chi connectivity index (χ0n) is 17.5. The van der Waals surface area contributed by atoms with Gasteiger partial charge in [0.1, 0.15) is 6.04 Å². The number of hydrogen-bond donors (Lipinski definition) is 1. The summed E-state index contributed by atoms with van der Waals surface area (Å²) in [4.78, 5) is 32.3. The van der Waals surface area contributed by atoms with E-state index in [0.717, 1.165) is 16.7 Å². The van der Waals surface area contributed by atoms with Gasteiger partial charge in [-0.25, -0.2) is 0 Å². The number of nitrogens with one attached hydrogen (secondary N) is 1. The summed E-state index contributed by atoms with van der Waals surface area (Å²) < 4.78 is 0. The van der Waals surface area contributed by atoms with Crippen LogP contribution in [0.5, 0.6) is 0 Å². The molecule has 3 atom stereocenters. The molecule has 3 unspecified atom stereocenters. The van der Waals surface area contributed by atoms with Crippen LogP contribution in [0.15, 0.2) is 73.1 Å². The van der Waals surface area contributed by atoms with E-state index < -0.39 is 6.04 Å². The summed E-state index contributed by atoms with van der Waals surface area (Å²) in [6.45, 7) is 4.40. The van der Waals surface area contributed by atoms with Crippen molar-refractivity contribution in [2.24, 2.45) is 0 Å².